The number of hydrogen-bond donors (Lipinski definition) is 1. The fourth-order valence-corrected chi connectivity index (χ4v) is 4.73. The average Bonchev–Trinajstić information content (AvgIpc) is 3.10. The van der Waals surface area contributed by atoms with Gasteiger partial charge in [0.2, 0.25) is 0 Å². The summed E-state index contributed by atoms with van der Waals surface area (Å²) in [6.07, 6.45) is 0. The standard InChI is InChI=1S/C20H18FN3O3S/c1-12-7-8-14(9-13(12)2)24-19(16-10-28(26,27)11-18(16)23-24)22-20(25)15-5-3-4-6-17(15)21/h3-9H,10-11H2,1-2H3,(H,22,25). The smallest absolute Gasteiger partial charge is 0.259 e. The van der Waals surface area contributed by atoms with Gasteiger partial charge >= 0.3 is 0 Å². The zero-order valence-corrected chi connectivity index (χ0v) is 16.2. The van der Waals surface area contributed by atoms with Gasteiger partial charge in [-0.1, -0.05) is 18.2 Å². The molecule has 0 unspecified atom stereocenters. The summed E-state index contributed by atoms with van der Waals surface area (Å²) in [7, 11) is -3.31. The third-order valence-corrected chi connectivity index (χ3v) is 6.31. The largest absolute Gasteiger partial charge is 0.306 e. The van der Waals surface area contributed by atoms with Crippen LogP contribution in [0.3, 0.4) is 0 Å². The molecule has 0 bridgehead atoms. The Morgan fingerprint density at radius 3 is 2.57 bits per heavy atom. The summed E-state index contributed by atoms with van der Waals surface area (Å²) in [5.41, 5.74) is 3.56. The second kappa shape index (κ2) is 6.56. The van der Waals surface area contributed by atoms with E-state index in [0.717, 1.165) is 11.1 Å². The molecule has 0 fully saturated rings. The molecule has 28 heavy (non-hydrogen) atoms. The molecule has 3 aromatic rings. The molecule has 8 heteroatoms. The van der Waals surface area contributed by atoms with Crippen LogP contribution in [0.4, 0.5) is 10.2 Å². The van der Waals surface area contributed by atoms with Crippen LogP contribution in [-0.2, 0) is 21.3 Å². The molecule has 2 heterocycles. The Balaban J connectivity index is 1.82. The highest BCUT2D eigenvalue weighted by Gasteiger charge is 2.33. The Bertz CT molecular complexity index is 1220. The molecule has 0 atom stereocenters. The number of amides is 1. The number of rotatable bonds is 3. The van der Waals surface area contributed by atoms with Gasteiger partial charge in [-0.3, -0.25) is 4.79 Å². The van der Waals surface area contributed by atoms with Gasteiger partial charge in [0.05, 0.1) is 28.5 Å². The molecule has 2 aromatic carbocycles. The van der Waals surface area contributed by atoms with Crippen molar-refractivity contribution in [3.8, 4) is 5.69 Å². The van der Waals surface area contributed by atoms with Crippen molar-refractivity contribution in [1.29, 1.82) is 0 Å². The fourth-order valence-electron chi connectivity index (χ4n) is 3.24. The van der Waals surface area contributed by atoms with Crippen LogP contribution in [-0.4, -0.2) is 24.1 Å². The zero-order chi connectivity index (χ0) is 20.1. The van der Waals surface area contributed by atoms with E-state index in [0.29, 0.717) is 16.9 Å². The number of carbonyl (C=O) groups excluding carboxylic acids is 1. The van der Waals surface area contributed by atoms with Crippen molar-refractivity contribution in [2.45, 2.75) is 25.4 Å². The summed E-state index contributed by atoms with van der Waals surface area (Å²) in [5, 5.41) is 7.10. The maximum atomic E-state index is 14.0. The van der Waals surface area contributed by atoms with E-state index in [1.165, 1.54) is 22.9 Å². The van der Waals surface area contributed by atoms with Gasteiger partial charge in [0, 0.05) is 5.56 Å². The molecule has 6 nitrogen and oxygen atoms in total. The number of aryl methyl sites for hydroxylation is 2. The Hall–Kier alpha value is -3.00. The van der Waals surface area contributed by atoms with Crippen molar-refractivity contribution in [2.24, 2.45) is 0 Å². The van der Waals surface area contributed by atoms with Crippen LogP contribution in [0, 0.1) is 19.7 Å². The monoisotopic (exact) mass is 399 g/mol. The molecule has 0 aliphatic carbocycles. The quantitative estimate of drug-likeness (QED) is 0.733. The number of fused-ring (bicyclic) bond motifs is 1. The zero-order valence-electron chi connectivity index (χ0n) is 15.4. The molecule has 144 valence electrons. The van der Waals surface area contributed by atoms with Crippen LogP contribution in [0.1, 0.15) is 32.7 Å². The number of aromatic nitrogens is 2. The van der Waals surface area contributed by atoms with Crippen molar-refractivity contribution >= 4 is 21.6 Å². The summed E-state index contributed by atoms with van der Waals surface area (Å²) in [6, 6.07) is 11.3. The van der Waals surface area contributed by atoms with Crippen LogP contribution in [0.15, 0.2) is 42.5 Å². The predicted octanol–water partition coefficient (Wildman–Crippen LogP) is 3.31. The van der Waals surface area contributed by atoms with Gasteiger partial charge in [0.25, 0.3) is 5.91 Å². The summed E-state index contributed by atoms with van der Waals surface area (Å²) in [6.45, 7) is 3.94. The number of carbonyl (C=O) groups is 1. The summed E-state index contributed by atoms with van der Waals surface area (Å²) < 4.78 is 39.6. The van der Waals surface area contributed by atoms with Gasteiger partial charge in [-0.05, 0) is 49.2 Å². The summed E-state index contributed by atoms with van der Waals surface area (Å²) >= 11 is 0. The van der Waals surface area contributed by atoms with Gasteiger partial charge < -0.3 is 5.32 Å². The molecular formula is C20H18FN3O3S. The van der Waals surface area contributed by atoms with E-state index >= 15 is 0 Å². The number of benzene rings is 2. The van der Waals surface area contributed by atoms with E-state index in [9.17, 15) is 17.6 Å². The third kappa shape index (κ3) is 3.20. The van der Waals surface area contributed by atoms with E-state index in [2.05, 4.69) is 10.4 Å². The van der Waals surface area contributed by atoms with Crippen LogP contribution >= 0.6 is 0 Å². The van der Waals surface area contributed by atoms with Crippen LogP contribution in [0.5, 0.6) is 0 Å². The molecule has 0 spiro atoms. The van der Waals surface area contributed by atoms with Crippen LogP contribution in [0.25, 0.3) is 5.69 Å². The predicted molar refractivity (Wildman–Crippen MR) is 104 cm³/mol. The van der Waals surface area contributed by atoms with Crippen LogP contribution < -0.4 is 5.32 Å². The SMILES string of the molecule is Cc1ccc(-n2nc3c(c2NC(=O)c2ccccc2F)CS(=O)(=O)C3)cc1C. The van der Waals surface area contributed by atoms with Crippen molar-refractivity contribution in [3.05, 3.63) is 76.2 Å². The molecular weight excluding hydrogens is 381 g/mol. The Labute approximate surface area is 161 Å². The van der Waals surface area contributed by atoms with Crippen molar-refractivity contribution in [2.75, 3.05) is 5.32 Å². The minimum Gasteiger partial charge on any atom is -0.306 e. The summed E-state index contributed by atoms with van der Waals surface area (Å²) in [5.74, 6) is -1.44. The molecule has 1 N–H and O–H groups in total. The number of sulfone groups is 1. The molecule has 0 radical (unpaired) electrons. The maximum absolute atomic E-state index is 14.0. The lowest BCUT2D eigenvalue weighted by Crippen LogP contribution is -2.18. The molecule has 4 rings (SSSR count). The molecule has 0 saturated heterocycles. The lowest BCUT2D eigenvalue weighted by Gasteiger charge is -2.12. The first-order valence-corrected chi connectivity index (χ1v) is 10.5. The minimum absolute atomic E-state index is 0.120. The fraction of sp³-hybridized carbons (Fsp3) is 0.200. The van der Waals surface area contributed by atoms with Gasteiger partial charge in [0.15, 0.2) is 9.84 Å². The lowest BCUT2D eigenvalue weighted by atomic mass is 10.1. The Morgan fingerprint density at radius 1 is 1.11 bits per heavy atom. The van der Waals surface area contributed by atoms with Gasteiger partial charge in [-0.15, -0.1) is 0 Å². The molecule has 0 saturated carbocycles. The topological polar surface area (TPSA) is 81.1 Å². The van der Waals surface area contributed by atoms with E-state index in [4.69, 9.17) is 0 Å². The van der Waals surface area contributed by atoms with Crippen molar-refractivity contribution in [3.63, 3.8) is 0 Å². The van der Waals surface area contributed by atoms with Gasteiger partial charge in [-0.2, -0.15) is 5.10 Å². The number of anilines is 1. The van der Waals surface area contributed by atoms with Crippen LogP contribution in [0.2, 0.25) is 0 Å². The molecule has 1 aliphatic heterocycles. The van der Waals surface area contributed by atoms with Gasteiger partial charge in [0.1, 0.15) is 11.6 Å². The minimum atomic E-state index is -3.31. The maximum Gasteiger partial charge on any atom is 0.259 e. The highest BCUT2D eigenvalue weighted by molar-refractivity contribution is 7.90. The number of hydrogen-bond acceptors (Lipinski definition) is 4. The second-order valence-electron chi connectivity index (χ2n) is 6.92. The molecule has 1 aromatic heterocycles. The first kappa shape index (κ1) is 18.4. The normalized spacial score (nSPS) is 14.7. The average molecular weight is 399 g/mol. The first-order valence-electron chi connectivity index (χ1n) is 8.70. The number of nitrogens with zero attached hydrogens (tertiary/aromatic N) is 2. The van der Waals surface area contributed by atoms with E-state index in [1.807, 2.05) is 32.0 Å². The molecule has 1 amide bonds. The van der Waals surface area contributed by atoms with E-state index in [1.54, 1.807) is 6.07 Å². The molecule has 1 aliphatic rings. The third-order valence-electron chi connectivity index (χ3n) is 4.87. The highest BCUT2D eigenvalue weighted by Crippen LogP contribution is 2.33. The Morgan fingerprint density at radius 2 is 1.86 bits per heavy atom. The first-order chi connectivity index (χ1) is 13.2. The lowest BCUT2D eigenvalue weighted by molar-refractivity contribution is 0.102. The van der Waals surface area contributed by atoms with E-state index in [-0.39, 0.29) is 22.9 Å². The second-order valence-corrected chi connectivity index (χ2v) is 8.98. The number of nitrogens with one attached hydrogen (secondary N) is 1. The van der Waals surface area contributed by atoms with E-state index < -0.39 is 21.6 Å². The summed E-state index contributed by atoms with van der Waals surface area (Å²) in [4.78, 5) is 12.7. The van der Waals surface area contributed by atoms with Crippen molar-refractivity contribution < 1.29 is 17.6 Å². The van der Waals surface area contributed by atoms with Crippen molar-refractivity contribution in [1.82, 2.24) is 9.78 Å². The van der Waals surface area contributed by atoms with Gasteiger partial charge in [-0.25, -0.2) is 17.5 Å². The Kier molecular flexibility index (Phi) is 4.30. The highest BCUT2D eigenvalue weighted by atomic mass is 32.2. The number of halogens is 1.